The lowest BCUT2D eigenvalue weighted by atomic mass is 10.6. The van der Waals surface area contributed by atoms with Crippen molar-refractivity contribution in [3.8, 4) is 0 Å². The minimum atomic E-state index is -1.25. The Kier molecular flexibility index (Phi) is 1.90. The van der Waals surface area contributed by atoms with Crippen molar-refractivity contribution in [2.24, 2.45) is 17.2 Å². The number of ether oxygens (including phenoxy) is 3. The molecular formula is C4H11N3O3. The van der Waals surface area contributed by atoms with Crippen molar-refractivity contribution in [1.82, 2.24) is 0 Å². The van der Waals surface area contributed by atoms with Crippen LogP contribution in [0.15, 0.2) is 0 Å². The van der Waals surface area contributed by atoms with Crippen molar-refractivity contribution in [2.45, 2.75) is 25.7 Å². The second-order valence-electron chi connectivity index (χ2n) is 2.12. The van der Waals surface area contributed by atoms with Gasteiger partial charge in [0.25, 0.3) is 0 Å². The van der Waals surface area contributed by atoms with E-state index in [0.717, 1.165) is 0 Å². The van der Waals surface area contributed by atoms with Crippen LogP contribution in [0, 0.1) is 0 Å². The molecule has 0 radical (unpaired) electrons. The number of nitrogens with two attached hydrogens (primary N) is 3. The molecule has 0 aromatic heterocycles. The van der Waals surface area contributed by atoms with Crippen LogP contribution < -0.4 is 17.2 Å². The third kappa shape index (κ3) is 1.87. The van der Waals surface area contributed by atoms with Crippen LogP contribution in [0.1, 0.15) is 6.92 Å². The normalized spacial score (nSPS) is 49.2. The van der Waals surface area contributed by atoms with E-state index < -0.39 is 18.7 Å². The van der Waals surface area contributed by atoms with Crippen LogP contribution in [0.4, 0.5) is 0 Å². The topological polar surface area (TPSA) is 106 Å². The monoisotopic (exact) mass is 149 g/mol. The van der Waals surface area contributed by atoms with Crippen LogP contribution in [-0.2, 0) is 14.2 Å². The molecule has 0 bridgehead atoms. The molecular weight excluding hydrogens is 138 g/mol. The van der Waals surface area contributed by atoms with E-state index in [1.54, 1.807) is 0 Å². The van der Waals surface area contributed by atoms with Gasteiger partial charge in [-0.1, -0.05) is 0 Å². The summed E-state index contributed by atoms with van der Waals surface area (Å²) in [6, 6.07) is 0. The standard InChI is InChI=1S/C4H11N3O3/c1-4(7)9-2(5)8-3(6)10-4/h2-3H,5-7H2,1H3. The van der Waals surface area contributed by atoms with Crippen molar-refractivity contribution in [1.29, 1.82) is 0 Å². The summed E-state index contributed by atoms with van der Waals surface area (Å²) in [7, 11) is 0. The number of rotatable bonds is 0. The van der Waals surface area contributed by atoms with Gasteiger partial charge in [-0.2, -0.15) is 0 Å². The second kappa shape index (κ2) is 2.42. The lowest BCUT2D eigenvalue weighted by Crippen LogP contribution is -2.58. The summed E-state index contributed by atoms with van der Waals surface area (Å²) in [5, 5.41) is 0. The van der Waals surface area contributed by atoms with Crippen molar-refractivity contribution < 1.29 is 14.2 Å². The minimum absolute atomic E-state index is 0.918. The largest absolute Gasteiger partial charge is 0.296 e. The highest BCUT2D eigenvalue weighted by atomic mass is 16.9. The summed E-state index contributed by atoms with van der Waals surface area (Å²) in [6.45, 7) is 1.50. The molecule has 1 saturated heterocycles. The van der Waals surface area contributed by atoms with Gasteiger partial charge in [0.2, 0.25) is 18.7 Å². The zero-order valence-corrected chi connectivity index (χ0v) is 5.61. The summed E-state index contributed by atoms with van der Waals surface area (Å²) in [5.41, 5.74) is 15.8. The van der Waals surface area contributed by atoms with E-state index >= 15 is 0 Å². The fourth-order valence-corrected chi connectivity index (χ4v) is 0.677. The van der Waals surface area contributed by atoms with Gasteiger partial charge in [-0.25, -0.2) is 0 Å². The molecule has 6 N–H and O–H groups in total. The molecule has 60 valence electrons. The molecule has 6 heteroatoms. The zero-order valence-electron chi connectivity index (χ0n) is 5.61. The number of hydrogen-bond acceptors (Lipinski definition) is 6. The van der Waals surface area contributed by atoms with Crippen LogP contribution in [0.3, 0.4) is 0 Å². The zero-order chi connectivity index (χ0) is 7.78. The molecule has 0 saturated carbocycles. The molecule has 1 aliphatic heterocycles. The maximum Gasteiger partial charge on any atom is 0.229 e. The number of hydrogen-bond donors (Lipinski definition) is 3. The third-order valence-electron chi connectivity index (χ3n) is 0.969. The first-order valence-electron chi connectivity index (χ1n) is 2.81. The molecule has 0 amide bonds. The molecule has 0 spiro atoms. The Hall–Kier alpha value is -0.240. The van der Waals surface area contributed by atoms with E-state index in [1.807, 2.05) is 0 Å². The highest BCUT2D eigenvalue weighted by molar-refractivity contribution is 4.56. The first-order chi connectivity index (χ1) is 4.49. The molecule has 0 aliphatic carbocycles. The van der Waals surface area contributed by atoms with E-state index in [4.69, 9.17) is 26.7 Å². The van der Waals surface area contributed by atoms with Gasteiger partial charge in [-0.05, 0) is 0 Å². The van der Waals surface area contributed by atoms with Gasteiger partial charge in [0.15, 0.2) is 0 Å². The molecule has 0 aromatic rings. The molecule has 10 heavy (non-hydrogen) atoms. The summed E-state index contributed by atoms with van der Waals surface area (Å²) < 4.78 is 14.2. The van der Waals surface area contributed by atoms with Crippen LogP contribution in [0.25, 0.3) is 0 Å². The highest BCUT2D eigenvalue weighted by Crippen LogP contribution is 2.14. The first-order valence-corrected chi connectivity index (χ1v) is 2.81. The molecule has 1 aliphatic rings. The van der Waals surface area contributed by atoms with Crippen molar-refractivity contribution >= 4 is 0 Å². The lowest BCUT2D eigenvalue weighted by molar-refractivity contribution is -0.421. The smallest absolute Gasteiger partial charge is 0.229 e. The van der Waals surface area contributed by atoms with E-state index in [1.165, 1.54) is 6.92 Å². The average molecular weight is 149 g/mol. The van der Waals surface area contributed by atoms with Crippen LogP contribution in [0.5, 0.6) is 0 Å². The van der Waals surface area contributed by atoms with Crippen molar-refractivity contribution in [2.75, 3.05) is 0 Å². The predicted molar refractivity (Wildman–Crippen MR) is 31.8 cm³/mol. The second-order valence-corrected chi connectivity index (χ2v) is 2.12. The maximum absolute atomic E-state index is 5.37. The summed E-state index contributed by atoms with van der Waals surface area (Å²) in [4.78, 5) is 0. The van der Waals surface area contributed by atoms with E-state index in [2.05, 4.69) is 4.74 Å². The molecule has 1 heterocycles. The Balaban J connectivity index is 2.51. The van der Waals surface area contributed by atoms with Crippen LogP contribution in [-0.4, -0.2) is 18.7 Å². The van der Waals surface area contributed by atoms with E-state index in [0.29, 0.717) is 0 Å². The molecule has 1 rings (SSSR count). The Morgan fingerprint density at radius 2 is 1.60 bits per heavy atom. The van der Waals surface area contributed by atoms with Crippen molar-refractivity contribution in [3.63, 3.8) is 0 Å². The Labute approximate surface area is 58.2 Å². The van der Waals surface area contributed by atoms with Gasteiger partial charge in [0, 0.05) is 6.92 Å². The Morgan fingerprint density at radius 1 is 1.20 bits per heavy atom. The Morgan fingerprint density at radius 3 is 1.90 bits per heavy atom. The Bertz CT molecular complexity index is 117. The lowest BCUT2D eigenvalue weighted by Gasteiger charge is -2.36. The van der Waals surface area contributed by atoms with E-state index in [-0.39, 0.29) is 0 Å². The third-order valence-corrected chi connectivity index (χ3v) is 0.969. The van der Waals surface area contributed by atoms with E-state index in [9.17, 15) is 0 Å². The van der Waals surface area contributed by atoms with Gasteiger partial charge in [-0.15, -0.1) is 0 Å². The van der Waals surface area contributed by atoms with Gasteiger partial charge >= 0.3 is 0 Å². The highest BCUT2D eigenvalue weighted by Gasteiger charge is 2.33. The first kappa shape index (κ1) is 7.86. The van der Waals surface area contributed by atoms with Gasteiger partial charge in [-0.3, -0.25) is 31.4 Å². The summed E-state index contributed by atoms with van der Waals surface area (Å²) in [5.74, 6) is -1.25. The average Bonchev–Trinajstić information content (AvgIpc) is 1.54. The maximum atomic E-state index is 5.37. The SMILES string of the molecule is CC1(N)OC(N)OC(N)O1. The van der Waals surface area contributed by atoms with Crippen LogP contribution >= 0.6 is 0 Å². The van der Waals surface area contributed by atoms with Gasteiger partial charge in [0.05, 0.1) is 0 Å². The fraction of sp³-hybridized carbons (Fsp3) is 1.00. The van der Waals surface area contributed by atoms with Crippen LogP contribution in [0.2, 0.25) is 0 Å². The predicted octanol–water partition coefficient (Wildman–Crippen LogP) is -1.83. The minimum Gasteiger partial charge on any atom is -0.296 e. The summed E-state index contributed by atoms with van der Waals surface area (Å²) in [6.07, 6.45) is -1.84. The fourth-order valence-electron chi connectivity index (χ4n) is 0.677. The summed E-state index contributed by atoms with van der Waals surface area (Å²) >= 11 is 0. The molecule has 1 fully saturated rings. The quantitative estimate of drug-likeness (QED) is 0.374. The molecule has 0 aromatic carbocycles. The van der Waals surface area contributed by atoms with Gasteiger partial charge in [0.1, 0.15) is 0 Å². The molecule has 2 unspecified atom stereocenters. The molecule has 6 nitrogen and oxygen atoms in total. The molecule has 2 atom stereocenters. The van der Waals surface area contributed by atoms with Gasteiger partial charge < -0.3 is 0 Å². The van der Waals surface area contributed by atoms with Crippen molar-refractivity contribution in [3.05, 3.63) is 0 Å².